The lowest BCUT2D eigenvalue weighted by molar-refractivity contribution is -0.116. The number of thiophene rings is 1. The Bertz CT molecular complexity index is 1330. The Morgan fingerprint density at radius 3 is 2.50 bits per heavy atom. The number of nitrogens with zero attached hydrogens (tertiary/aromatic N) is 3. The highest BCUT2D eigenvalue weighted by Gasteiger charge is 2.17. The monoisotopic (exact) mass is 420 g/mol. The summed E-state index contributed by atoms with van der Waals surface area (Å²) in [7, 11) is 0. The van der Waals surface area contributed by atoms with Gasteiger partial charge in [-0.25, -0.2) is 9.78 Å². The van der Waals surface area contributed by atoms with Crippen LogP contribution in [0.4, 0.5) is 5.69 Å². The Morgan fingerprint density at radius 1 is 1.03 bits per heavy atom. The molecule has 0 aliphatic carbocycles. The average Bonchev–Trinajstić information content (AvgIpc) is 3.25. The van der Waals surface area contributed by atoms with Gasteiger partial charge < -0.3 is 5.32 Å². The molecule has 4 rings (SSSR count). The lowest BCUT2D eigenvalue weighted by atomic mass is 10.1. The van der Waals surface area contributed by atoms with Crippen LogP contribution in [-0.2, 0) is 17.9 Å². The van der Waals surface area contributed by atoms with E-state index in [0.717, 1.165) is 26.3 Å². The smallest absolute Gasteiger partial charge is 0.324 e. The van der Waals surface area contributed by atoms with Crippen molar-refractivity contribution in [3.63, 3.8) is 0 Å². The van der Waals surface area contributed by atoms with Crippen molar-refractivity contribution in [3.05, 3.63) is 90.9 Å². The molecule has 0 saturated heterocycles. The molecule has 0 atom stereocenters. The molecule has 7 nitrogen and oxygen atoms in total. The number of aryl methyl sites for hydroxylation is 2. The molecule has 0 unspecified atom stereocenters. The number of anilines is 1. The number of carbonyl (C=O) groups excluding carboxylic acids is 1. The Labute approximate surface area is 176 Å². The van der Waals surface area contributed by atoms with Crippen LogP contribution >= 0.6 is 11.3 Å². The largest absolute Gasteiger partial charge is 0.332 e. The molecule has 0 bridgehead atoms. The van der Waals surface area contributed by atoms with E-state index in [1.165, 1.54) is 22.1 Å². The highest BCUT2D eigenvalue weighted by atomic mass is 32.1. The van der Waals surface area contributed by atoms with E-state index in [2.05, 4.69) is 10.3 Å². The molecular formula is C22H20N4O3S. The van der Waals surface area contributed by atoms with Crippen LogP contribution in [0, 0.1) is 13.8 Å². The third-order valence-corrected chi connectivity index (χ3v) is 5.79. The van der Waals surface area contributed by atoms with E-state index in [4.69, 9.17) is 0 Å². The maximum atomic E-state index is 13.2. The predicted molar refractivity (Wildman–Crippen MR) is 118 cm³/mol. The minimum Gasteiger partial charge on any atom is -0.324 e. The van der Waals surface area contributed by atoms with E-state index < -0.39 is 11.2 Å². The van der Waals surface area contributed by atoms with E-state index in [-0.39, 0.29) is 24.5 Å². The number of hydrogen-bond donors (Lipinski definition) is 1. The van der Waals surface area contributed by atoms with Crippen LogP contribution in [0.3, 0.4) is 0 Å². The van der Waals surface area contributed by atoms with Gasteiger partial charge in [0, 0.05) is 16.8 Å². The molecule has 3 heterocycles. The minimum absolute atomic E-state index is 0.139. The first kappa shape index (κ1) is 19.8. The maximum Gasteiger partial charge on any atom is 0.332 e. The summed E-state index contributed by atoms with van der Waals surface area (Å²) in [6, 6.07) is 12.7. The van der Waals surface area contributed by atoms with Gasteiger partial charge >= 0.3 is 5.69 Å². The Kier molecular flexibility index (Phi) is 5.33. The zero-order valence-corrected chi connectivity index (χ0v) is 17.4. The predicted octanol–water partition coefficient (Wildman–Crippen LogP) is 2.92. The number of aromatic nitrogens is 3. The zero-order valence-electron chi connectivity index (χ0n) is 16.6. The van der Waals surface area contributed by atoms with Crippen LogP contribution in [0.25, 0.3) is 11.0 Å². The summed E-state index contributed by atoms with van der Waals surface area (Å²) in [5, 5.41) is 4.78. The molecule has 1 N–H and O–H groups in total. The molecule has 0 aliphatic rings. The van der Waals surface area contributed by atoms with Gasteiger partial charge in [-0.15, -0.1) is 11.3 Å². The lowest BCUT2D eigenvalue weighted by Gasteiger charge is -2.15. The summed E-state index contributed by atoms with van der Waals surface area (Å²) in [6.07, 6.45) is 1.50. The highest BCUT2D eigenvalue weighted by Crippen LogP contribution is 2.19. The lowest BCUT2D eigenvalue weighted by Crippen LogP contribution is -2.42. The summed E-state index contributed by atoms with van der Waals surface area (Å²) >= 11 is 1.46. The highest BCUT2D eigenvalue weighted by molar-refractivity contribution is 7.09. The van der Waals surface area contributed by atoms with Crippen molar-refractivity contribution in [2.75, 3.05) is 5.32 Å². The fourth-order valence-electron chi connectivity index (χ4n) is 3.43. The summed E-state index contributed by atoms with van der Waals surface area (Å²) in [4.78, 5) is 43.9. The molecular weight excluding hydrogens is 400 g/mol. The van der Waals surface area contributed by atoms with Gasteiger partial charge in [-0.1, -0.05) is 24.3 Å². The molecule has 0 saturated carbocycles. The average molecular weight is 420 g/mol. The van der Waals surface area contributed by atoms with E-state index >= 15 is 0 Å². The van der Waals surface area contributed by atoms with Gasteiger partial charge in [0.25, 0.3) is 5.56 Å². The van der Waals surface area contributed by atoms with Gasteiger partial charge in [0.05, 0.1) is 12.1 Å². The molecule has 30 heavy (non-hydrogen) atoms. The molecule has 8 heteroatoms. The summed E-state index contributed by atoms with van der Waals surface area (Å²) in [6.45, 7) is 3.74. The molecule has 1 amide bonds. The van der Waals surface area contributed by atoms with Crippen LogP contribution in [0.5, 0.6) is 0 Å². The first-order valence-corrected chi connectivity index (χ1v) is 10.3. The number of fused-ring (bicyclic) bond motifs is 1. The molecule has 152 valence electrons. The van der Waals surface area contributed by atoms with E-state index in [0.29, 0.717) is 5.52 Å². The Hall–Kier alpha value is -3.52. The van der Waals surface area contributed by atoms with E-state index in [1.54, 1.807) is 12.1 Å². The first-order valence-electron chi connectivity index (χ1n) is 9.42. The molecule has 1 aromatic carbocycles. The summed E-state index contributed by atoms with van der Waals surface area (Å²) < 4.78 is 2.44. The Balaban J connectivity index is 1.77. The standard InChI is InChI=1S/C22H20N4O3S/c1-14-6-3-7-15(2)19(14)24-18(27)13-25-17-9-4-10-23-20(17)21(28)26(22(25)29)12-16-8-5-11-30-16/h3-11H,12-13H2,1-2H3,(H,24,27). The second-order valence-corrected chi connectivity index (χ2v) is 8.06. The van der Waals surface area contributed by atoms with Crippen molar-refractivity contribution in [2.45, 2.75) is 26.9 Å². The molecule has 0 aliphatic heterocycles. The van der Waals surface area contributed by atoms with E-state index in [9.17, 15) is 14.4 Å². The molecule has 4 aromatic rings. The molecule has 0 spiro atoms. The van der Waals surface area contributed by atoms with E-state index in [1.807, 2.05) is 49.6 Å². The van der Waals surface area contributed by atoms with Crippen molar-refractivity contribution in [2.24, 2.45) is 0 Å². The van der Waals surface area contributed by atoms with Crippen molar-refractivity contribution in [1.82, 2.24) is 14.1 Å². The first-order chi connectivity index (χ1) is 14.5. The number of amides is 1. The minimum atomic E-state index is -0.537. The second-order valence-electron chi connectivity index (χ2n) is 7.03. The fourth-order valence-corrected chi connectivity index (χ4v) is 4.12. The topological polar surface area (TPSA) is 86.0 Å². The number of hydrogen-bond acceptors (Lipinski definition) is 5. The van der Waals surface area contributed by atoms with Crippen molar-refractivity contribution in [1.29, 1.82) is 0 Å². The van der Waals surface area contributed by atoms with Crippen LogP contribution in [-0.4, -0.2) is 20.0 Å². The third-order valence-electron chi connectivity index (χ3n) is 4.93. The quantitative estimate of drug-likeness (QED) is 0.538. The molecule has 0 radical (unpaired) electrons. The third kappa shape index (κ3) is 3.69. The maximum absolute atomic E-state index is 13.2. The second kappa shape index (κ2) is 8.08. The molecule has 0 fully saturated rings. The summed E-state index contributed by atoms with van der Waals surface area (Å²) in [5.41, 5.74) is 2.10. The normalized spacial score (nSPS) is 11.0. The van der Waals surface area contributed by atoms with Crippen molar-refractivity contribution < 1.29 is 4.79 Å². The van der Waals surface area contributed by atoms with Gasteiger partial charge in [0.15, 0.2) is 5.52 Å². The zero-order chi connectivity index (χ0) is 21.3. The number of rotatable bonds is 5. The van der Waals surface area contributed by atoms with Crippen molar-refractivity contribution in [3.8, 4) is 0 Å². The fraction of sp³-hybridized carbons (Fsp3) is 0.182. The number of carbonyl (C=O) groups is 1. The van der Waals surface area contributed by atoms with Gasteiger partial charge in [-0.2, -0.15) is 0 Å². The number of para-hydroxylation sites is 1. The Morgan fingerprint density at radius 2 is 1.80 bits per heavy atom. The van der Waals surface area contributed by atoms with Crippen molar-refractivity contribution >= 4 is 34.0 Å². The van der Waals surface area contributed by atoms with Gasteiger partial charge in [0.2, 0.25) is 5.91 Å². The van der Waals surface area contributed by atoms with Crippen LogP contribution in [0.15, 0.2) is 63.6 Å². The van der Waals surface area contributed by atoms with Gasteiger partial charge in [-0.3, -0.25) is 18.7 Å². The number of pyridine rings is 1. The number of nitrogens with one attached hydrogen (secondary N) is 1. The van der Waals surface area contributed by atoms with Gasteiger partial charge in [-0.05, 0) is 48.6 Å². The summed E-state index contributed by atoms with van der Waals surface area (Å²) in [5.74, 6) is -0.346. The number of benzene rings is 1. The SMILES string of the molecule is Cc1cccc(C)c1NC(=O)Cn1c(=O)n(Cc2cccs2)c(=O)c2ncccc21. The van der Waals surface area contributed by atoms with Crippen LogP contribution in [0.2, 0.25) is 0 Å². The van der Waals surface area contributed by atoms with Gasteiger partial charge in [0.1, 0.15) is 6.54 Å². The molecule has 3 aromatic heterocycles. The van der Waals surface area contributed by atoms with Crippen LogP contribution < -0.4 is 16.6 Å². The van der Waals surface area contributed by atoms with Crippen LogP contribution in [0.1, 0.15) is 16.0 Å².